The van der Waals surface area contributed by atoms with Crippen molar-refractivity contribution in [3.8, 4) is 5.75 Å². The lowest BCUT2D eigenvalue weighted by atomic mass is 10.0. The average molecular weight is 444 g/mol. The molecule has 4 nitrogen and oxygen atoms in total. The molecule has 0 bridgehead atoms. The lowest BCUT2D eigenvalue weighted by Gasteiger charge is -2.18. The highest BCUT2D eigenvalue weighted by atomic mass is 79.9. The number of hydrogen-bond acceptors (Lipinski definition) is 2. The van der Waals surface area contributed by atoms with Crippen molar-refractivity contribution in [2.45, 2.75) is 39.7 Å². The Hall–Kier alpha value is -2.27. The molecule has 0 saturated heterocycles. The first-order valence-electron chi connectivity index (χ1n) is 9.75. The highest BCUT2D eigenvalue weighted by Gasteiger charge is 2.12. The van der Waals surface area contributed by atoms with Crippen LogP contribution in [-0.2, 0) is 6.54 Å². The first kappa shape index (κ1) is 20.5. The zero-order valence-electron chi connectivity index (χ0n) is 16.3. The molecule has 1 atom stereocenters. The van der Waals surface area contributed by atoms with Crippen LogP contribution >= 0.6 is 15.9 Å². The minimum atomic E-state index is -0.908. The van der Waals surface area contributed by atoms with Crippen LogP contribution in [0.4, 0.5) is 0 Å². The summed E-state index contributed by atoms with van der Waals surface area (Å²) in [5.74, 6) is 0.569. The lowest BCUT2D eigenvalue weighted by Crippen LogP contribution is -2.12. The minimum Gasteiger partial charge on any atom is -0.493 e. The average Bonchev–Trinajstić information content (AvgIpc) is 3.08. The highest BCUT2D eigenvalue weighted by Crippen LogP contribution is 2.27. The van der Waals surface area contributed by atoms with Crippen molar-refractivity contribution in [1.82, 2.24) is 4.57 Å². The molecular weight excluding hydrogens is 418 g/mol. The highest BCUT2D eigenvalue weighted by molar-refractivity contribution is 9.10. The SMILES string of the molecule is CCCC(CC)COc1ccc(Br)cc1Cn1ccc2cc(C(=O)O)ccc21. The van der Waals surface area contributed by atoms with Crippen molar-refractivity contribution in [3.05, 3.63) is 64.3 Å². The van der Waals surface area contributed by atoms with Gasteiger partial charge in [0.25, 0.3) is 0 Å². The molecule has 0 amide bonds. The van der Waals surface area contributed by atoms with E-state index in [1.54, 1.807) is 12.1 Å². The number of carboxylic acid groups (broad SMARTS) is 1. The number of benzene rings is 2. The fraction of sp³-hybridized carbons (Fsp3) is 0.348. The Labute approximate surface area is 174 Å². The third kappa shape index (κ3) is 4.76. The van der Waals surface area contributed by atoms with E-state index in [-0.39, 0.29) is 0 Å². The summed E-state index contributed by atoms with van der Waals surface area (Å²) < 4.78 is 9.34. The van der Waals surface area contributed by atoms with Crippen molar-refractivity contribution < 1.29 is 14.6 Å². The Kier molecular flexibility index (Phi) is 6.79. The van der Waals surface area contributed by atoms with Crippen molar-refractivity contribution in [2.75, 3.05) is 6.61 Å². The molecule has 148 valence electrons. The van der Waals surface area contributed by atoms with Gasteiger partial charge in [0.05, 0.1) is 18.7 Å². The van der Waals surface area contributed by atoms with Gasteiger partial charge >= 0.3 is 5.97 Å². The van der Waals surface area contributed by atoms with Gasteiger partial charge in [0.15, 0.2) is 0 Å². The largest absolute Gasteiger partial charge is 0.493 e. The van der Waals surface area contributed by atoms with Crippen LogP contribution in [-0.4, -0.2) is 22.2 Å². The molecule has 5 heteroatoms. The first-order valence-corrected chi connectivity index (χ1v) is 10.5. The molecule has 2 aromatic carbocycles. The number of aromatic carboxylic acids is 1. The summed E-state index contributed by atoms with van der Waals surface area (Å²) >= 11 is 3.56. The van der Waals surface area contributed by atoms with Crippen LogP contribution in [0.3, 0.4) is 0 Å². The van der Waals surface area contributed by atoms with Gasteiger partial charge in [-0.25, -0.2) is 4.79 Å². The molecule has 28 heavy (non-hydrogen) atoms. The molecule has 1 N–H and O–H groups in total. The Morgan fingerprint density at radius 3 is 2.71 bits per heavy atom. The second-order valence-electron chi connectivity index (χ2n) is 7.15. The number of ether oxygens (including phenoxy) is 1. The maximum atomic E-state index is 11.2. The van der Waals surface area contributed by atoms with Gasteiger partial charge < -0.3 is 14.4 Å². The Bertz CT molecular complexity index is 964. The number of halogens is 1. The molecule has 3 rings (SSSR count). The molecule has 0 aliphatic carbocycles. The Morgan fingerprint density at radius 2 is 2.00 bits per heavy atom. The van der Waals surface area contributed by atoms with Gasteiger partial charge in [-0.15, -0.1) is 0 Å². The molecule has 0 aliphatic heterocycles. The van der Waals surface area contributed by atoms with E-state index in [2.05, 4.69) is 40.4 Å². The number of fused-ring (bicyclic) bond motifs is 1. The molecule has 1 heterocycles. The van der Waals surface area contributed by atoms with Crippen LogP contribution < -0.4 is 4.74 Å². The van der Waals surface area contributed by atoms with Crippen LogP contribution in [0.15, 0.2) is 53.1 Å². The van der Waals surface area contributed by atoms with Gasteiger partial charge in [0.1, 0.15) is 5.75 Å². The normalized spacial score (nSPS) is 12.2. The van der Waals surface area contributed by atoms with E-state index < -0.39 is 5.97 Å². The van der Waals surface area contributed by atoms with E-state index in [4.69, 9.17) is 4.74 Å². The van der Waals surface area contributed by atoms with E-state index in [0.717, 1.165) is 39.7 Å². The molecule has 0 spiro atoms. The lowest BCUT2D eigenvalue weighted by molar-refractivity contribution is 0.0697. The molecule has 0 fully saturated rings. The standard InChI is InChI=1S/C23H26BrNO3/c1-3-5-16(4-2)15-28-22-9-7-20(24)13-19(22)14-25-11-10-17-12-18(23(26)27)6-8-21(17)25/h6-13,16H,3-5,14-15H2,1-2H3,(H,26,27). The molecule has 0 saturated carbocycles. The van der Waals surface area contributed by atoms with Gasteiger partial charge in [0, 0.05) is 27.1 Å². The molecular formula is C23H26BrNO3. The quantitative estimate of drug-likeness (QED) is 0.418. The molecule has 0 radical (unpaired) electrons. The third-order valence-corrected chi connectivity index (χ3v) is 5.62. The number of carbonyl (C=O) groups is 1. The summed E-state index contributed by atoms with van der Waals surface area (Å²) in [4.78, 5) is 11.2. The number of nitrogens with zero attached hydrogens (tertiary/aromatic N) is 1. The zero-order valence-corrected chi connectivity index (χ0v) is 17.9. The van der Waals surface area contributed by atoms with Crippen LogP contribution in [0.1, 0.15) is 49.0 Å². The summed E-state index contributed by atoms with van der Waals surface area (Å²) in [5, 5.41) is 10.1. The maximum absolute atomic E-state index is 11.2. The van der Waals surface area contributed by atoms with Crippen LogP contribution in [0.2, 0.25) is 0 Å². The fourth-order valence-corrected chi connectivity index (χ4v) is 3.90. The zero-order chi connectivity index (χ0) is 20.1. The summed E-state index contributed by atoms with van der Waals surface area (Å²) in [7, 11) is 0. The van der Waals surface area contributed by atoms with Crippen LogP contribution in [0.5, 0.6) is 5.75 Å². The predicted molar refractivity (Wildman–Crippen MR) is 116 cm³/mol. The number of rotatable bonds is 9. The minimum absolute atomic E-state index is 0.304. The van der Waals surface area contributed by atoms with E-state index in [9.17, 15) is 9.90 Å². The Morgan fingerprint density at radius 1 is 1.18 bits per heavy atom. The van der Waals surface area contributed by atoms with Crippen molar-refractivity contribution in [1.29, 1.82) is 0 Å². The number of aromatic nitrogens is 1. The van der Waals surface area contributed by atoms with Gasteiger partial charge in [-0.3, -0.25) is 0 Å². The summed E-state index contributed by atoms with van der Waals surface area (Å²) in [5.41, 5.74) is 2.41. The number of carboxylic acids is 1. The van der Waals surface area contributed by atoms with E-state index >= 15 is 0 Å². The molecule has 3 aromatic rings. The monoisotopic (exact) mass is 443 g/mol. The van der Waals surface area contributed by atoms with Crippen molar-refractivity contribution in [2.24, 2.45) is 5.92 Å². The van der Waals surface area contributed by atoms with E-state index in [1.807, 2.05) is 30.5 Å². The van der Waals surface area contributed by atoms with Crippen LogP contribution in [0, 0.1) is 5.92 Å². The van der Waals surface area contributed by atoms with E-state index in [0.29, 0.717) is 18.0 Å². The fourth-order valence-electron chi connectivity index (χ4n) is 3.49. The van der Waals surface area contributed by atoms with Gasteiger partial charge in [-0.05, 0) is 54.8 Å². The van der Waals surface area contributed by atoms with Crippen molar-refractivity contribution in [3.63, 3.8) is 0 Å². The summed E-state index contributed by atoms with van der Waals surface area (Å²) in [6.07, 6.45) is 5.46. The predicted octanol–water partition coefficient (Wildman–Crippen LogP) is 6.36. The summed E-state index contributed by atoms with van der Waals surface area (Å²) in [6.45, 7) is 5.81. The third-order valence-electron chi connectivity index (χ3n) is 5.13. The first-order chi connectivity index (χ1) is 13.5. The molecule has 0 aliphatic rings. The van der Waals surface area contributed by atoms with Gasteiger partial charge in [0.2, 0.25) is 0 Å². The van der Waals surface area contributed by atoms with Crippen molar-refractivity contribution >= 4 is 32.8 Å². The maximum Gasteiger partial charge on any atom is 0.335 e. The topological polar surface area (TPSA) is 51.5 Å². The molecule has 1 unspecified atom stereocenters. The summed E-state index contributed by atoms with van der Waals surface area (Å²) in [6, 6.07) is 13.3. The molecule has 1 aromatic heterocycles. The second kappa shape index (κ2) is 9.28. The van der Waals surface area contributed by atoms with E-state index in [1.165, 1.54) is 12.8 Å². The van der Waals surface area contributed by atoms with Gasteiger partial charge in [-0.2, -0.15) is 0 Å². The van der Waals surface area contributed by atoms with Gasteiger partial charge in [-0.1, -0.05) is 42.6 Å². The number of hydrogen-bond donors (Lipinski definition) is 1. The van der Waals surface area contributed by atoms with Crippen LogP contribution in [0.25, 0.3) is 10.9 Å². The smallest absolute Gasteiger partial charge is 0.335 e. The second-order valence-corrected chi connectivity index (χ2v) is 8.06. The Balaban J connectivity index is 1.84.